The number of aryl methyl sites for hydroxylation is 1. The Bertz CT molecular complexity index is 674. The largest absolute Gasteiger partial charge is 0.269 e. The fraction of sp³-hybridized carbons (Fsp3) is 0.263. The summed E-state index contributed by atoms with van der Waals surface area (Å²) < 4.78 is 0. The number of carbonyl (C=O) groups excluding carboxylic acids is 2. The standard InChI is InChI=1S/C19H22N2O2/c1-4-14-5-7-16(8-6-14)18(22)20-21-19(23)17-11-9-15(10-12-17)13(2)3/h5-13H,4H2,1-3H3,(H,20,22)(H,21,23). The van der Waals surface area contributed by atoms with Crippen LogP contribution in [0.2, 0.25) is 0 Å². The van der Waals surface area contributed by atoms with Crippen LogP contribution in [-0.2, 0) is 6.42 Å². The van der Waals surface area contributed by atoms with Crippen LogP contribution in [0.1, 0.15) is 58.5 Å². The van der Waals surface area contributed by atoms with E-state index >= 15 is 0 Å². The molecule has 0 aromatic heterocycles. The highest BCUT2D eigenvalue weighted by atomic mass is 16.2. The Hall–Kier alpha value is -2.62. The van der Waals surface area contributed by atoms with Crippen molar-refractivity contribution in [2.75, 3.05) is 0 Å². The SMILES string of the molecule is CCc1ccc(C(=O)NNC(=O)c2ccc(C(C)C)cc2)cc1. The van der Waals surface area contributed by atoms with Crippen molar-refractivity contribution in [1.82, 2.24) is 10.9 Å². The zero-order valence-electron chi connectivity index (χ0n) is 13.7. The zero-order valence-corrected chi connectivity index (χ0v) is 13.7. The summed E-state index contributed by atoms with van der Waals surface area (Å²) in [5.41, 5.74) is 8.22. The van der Waals surface area contributed by atoms with Crippen LogP contribution >= 0.6 is 0 Å². The van der Waals surface area contributed by atoms with E-state index in [-0.39, 0.29) is 11.8 Å². The molecule has 0 saturated heterocycles. The molecule has 0 aliphatic rings. The van der Waals surface area contributed by atoms with Gasteiger partial charge < -0.3 is 0 Å². The fourth-order valence-corrected chi connectivity index (χ4v) is 2.17. The van der Waals surface area contributed by atoms with Gasteiger partial charge in [-0.3, -0.25) is 20.4 Å². The first-order chi connectivity index (χ1) is 11.0. The second-order valence-electron chi connectivity index (χ2n) is 5.74. The zero-order chi connectivity index (χ0) is 16.8. The average molecular weight is 310 g/mol. The Labute approximate surface area is 136 Å². The molecule has 2 aromatic rings. The molecule has 2 rings (SSSR count). The molecule has 0 saturated carbocycles. The summed E-state index contributed by atoms with van der Waals surface area (Å²) in [5, 5.41) is 0. The smallest absolute Gasteiger partial charge is 0.267 e. The summed E-state index contributed by atoms with van der Waals surface area (Å²) in [7, 11) is 0. The molecule has 0 unspecified atom stereocenters. The van der Waals surface area contributed by atoms with Crippen LogP contribution in [-0.4, -0.2) is 11.8 Å². The maximum Gasteiger partial charge on any atom is 0.269 e. The van der Waals surface area contributed by atoms with Gasteiger partial charge in [-0.1, -0.05) is 45.0 Å². The number of hydrogen-bond donors (Lipinski definition) is 2. The summed E-state index contributed by atoms with van der Waals surface area (Å²) in [6.45, 7) is 6.25. The first-order valence-electron chi connectivity index (χ1n) is 7.81. The van der Waals surface area contributed by atoms with Gasteiger partial charge >= 0.3 is 0 Å². The predicted octanol–water partition coefficient (Wildman–Crippen LogP) is 3.45. The number of hydrogen-bond acceptors (Lipinski definition) is 2. The molecule has 2 aromatic carbocycles. The first kappa shape index (κ1) is 16.7. The molecule has 23 heavy (non-hydrogen) atoms. The average Bonchev–Trinajstić information content (AvgIpc) is 2.59. The minimum Gasteiger partial charge on any atom is -0.267 e. The second-order valence-corrected chi connectivity index (χ2v) is 5.74. The number of benzene rings is 2. The van der Waals surface area contributed by atoms with Gasteiger partial charge in [-0.05, 0) is 47.7 Å². The molecule has 0 aliphatic heterocycles. The number of hydrazine groups is 1. The second kappa shape index (κ2) is 7.58. The first-order valence-corrected chi connectivity index (χ1v) is 7.81. The Balaban J connectivity index is 1.93. The fourth-order valence-electron chi connectivity index (χ4n) is 2.17. The van der Waals surface area contributed by atoms with Crippen molar-refractivity contribution in [3.8, 4) is 0 Å². The van der Waals surface area contributed by atoms with Gasteiger partial charge in [0.05, 0.1) is 0 Å². The van der Waals surface area contributed by atoms with Crippen LogP contribution in [0.5, 0.6) is 0 Å². The van der Waals surface area contributed by atoms with Crippen LogP contribution in [0, 0.1) is 0 Å². The molecule has 0 aliphatic carbocycles. The van der Waals surface area contributed by atoms with E-state index in [1.807, 2.05) is 24.3 Å². The normalized spacial score (nSPS) is 10.4. The van der Waals surface area contributed by atoms with E-state index in [0.717, 1.165) is 12.0 Å². The van der Waals surface area contributed by atoms with E-state index in [2.05, 4.69) is 31.6 Å². The van der Waals surface area contributed by atoms with E-state index in [1.54, 1.807) is 24.3 Å². The van der Waals surface area contributed by atoms with Gasteiger partial charge in [0.2, 0.25) is 0 Å². The molecular weight excluding hydrogens is 288 g/mol. The van der Waals surface area contributed by atoms with Crippen LogP contribution in [0.4, 0.5) is 0 Å². The van der Waals surface area contributed by atoms with Crippen molar-refractivity contribution in [2.45, 2.75) is 33.1 Å². The lowest BCUT2D eigenvalue weighted by Gasteiger charge is -2.09. The summed E-state index contributed by atoms with van der Waals surface area (Å²) in [6, 6.07) is 14.7. The van der Waals surface area contributed by atoms with Gasteiger partial charge in [0, 0.05) is 11.1 Å². The molecule has 2 amide bonds. The minimum absolute atomic E-state index is 0.334. The number of nitrogens with one attached hydrogen (secondary N) is 2. The molecule has 2 N–H and O–H groups in total. The van der Waals surface area contributed by atoms with Crippen molar-refractivity contribution in [3.63, 3.8) is 0 Å². The van der Waals surface area contributed by atoms with E-state index in [1.165, 1.54) is 5.56 Å². The van der Waals surface area contributed by atoms with Crippen LogP contribution in [0.25, 0.3) is 0 Å². The highest BCUT2D eigenvalue weighted by Gasteiger charge is 2.09. The maximum atomic E-state index is 12.0. The Morgan fingerprint density at radius 3 is 1.65 bits per heavy atom. The Kier molecular flexibility index (Phi) is 5.52. The molecule has 4 nitrogen and oxygen atoms in total. The number of carbonyl (C=O) groups is 2. The highest BCUT2D eigenvalue weighted by molar-refractivity contribution is 5.99. The lowest BCUT2D eigenvalue weighted by Crippen LogP contribution is -2.41. The third-order valence-corrected chi connectivity index (χ3v) is 3.75. The highest BCUT2D eigenvalue weighted by Crippen LogP contribution is 2.14. The van der Waals surface area contributed by atoms with Crippen molar-refractivity contribution in [1.29, 1.82) is 0 Å². The summed E-state index contributed by atoms with van der Waals surface area (Å²) >= 11 is 0. The molecule has 0 atom stereocenters. The lowest BCUT2D eigenvalue weighted by atomic mass is 10.0. The molecule has 0 fully saturated rings. The van der Waals surface area contributed by atoms with Crippen molar-refractivity contribution in [3.05, 3.63) is 70.8 Å². The minimum atomic E-state index is -0.334. The third-order valence-electron chi connectivity index (χ3n) is 3.75. The Morgan fingerprint density at radius 2 is 1.26 bits per heavy atom. The Morgan fingerprint density at radius 1 is 0.826 bits per heavy atom. The lowest BCUT2D eigenvalue weighted by molar-refractivity contribution is 0.0846. The van der Waals surface area contributed by atoms with Crippen molar-refractivity contribution in [2.24, 2.45) is 0 Å². The van der Waals surface area contributed by atoms with Crippen molar-refractivity contribution >= 4 is 11.8 Å². The molecule has 0 bridgehead atoms. The van der Waals surface area contributed by atoms with E-state index in [9.17, 15) is 9.59 Å². The molecule has 0 heterocycles. The van der Waals surface area contributed by atoms with Gasteiger partial charge in [0.1, 0.15) is 0 Å². The summed E-state index contributed by atoms with van der Waals surface area (Å²) in [6.07, 6.45) is 0.922. The van der Waals surface area contributed by atoms with Gasteiger partial charge in [-0.2, -0.15) is 0 Å². The van der Waals surface area contributed by atoms with Crippen LogP contribution in [0.15, 0.2) is 48.5 Å². The predicted molar refractivity (Wildman–Crippen MR) is 91.3 cm³/mol. The van der Waals surface area contributed by atoms with Crippen LogP contribution < -0.4 is 10.9 Å². The topological polar surface area (TPSA) is 58.2 Å². The molecule has 0 radical (unpaired) electrons. The maximum absolute atomic E-state index is 12.0. The van der Waals surface area contributed by atoms with E-state index in [4.69, 9.17) is 0 Å². The van der Waals surface area contributed by atoms with E-state index < -0.39 is 0 Å². The van der Waals surface area contributed by atoms with Crippen molar-refractivity contribution < 1.29 is 9.59 Å². The van der Waals surface area contributed by atoms with Crippen LogP contribution in [0.3, 0.4) is 0 Å². The molecular formula is C19H22N2O2. The monoisotopic (exact) mass is 310 g/mol. The van der Waals surface area contributed by atoms with Gasteiger partial charge in [0.15, 0.2) is 0 Å². The number of amides is 2. The third kappa shape index (κ3) is 4.42. The van der Waals surface area contributed by atoms with E-state index in [0.29, 0.717) is 17.0 Å². The molecule has 4 heteroatoms. The van der Waals surface area contributed by atoms with Gasteiger partial charge in [0.25, 0.3) is 11.8 Å². The van der Waals surface area contributed by atoms with Gasteiger partial charge in [-0.25, -0.2) is 0 Å². The summed E-state index contributed by atoms with van der Waals surface area (Å²) in [4.78, 5) is 24.0. The quantitative estimate of drug-likeness (QED) is 0.850. The van der Waals surface area contributed by atoms with Gasteiger partial charge in [-0.15, -0.1) is 0 Å². The molecule has 120 valence electrons. The number of rotatable bonds is 4. The molecule has 0 spiro atoms. The summed E-state index contributed by atoms with van der Waals surface area (Å²) in [5.74, 6) is -0.253.